The first-order chi connectivity index (χ1) is 7.90. The van der Waals surface area contributed by atoms with Gasteiger partial charge in [-0.3, -0.25) is 4.79 Å². The van der Waals surface area contributed by atoms with Gasteiger partial charge in [0.2, 0.25) is 5.91 Å². The minimum Gasteiger partial charge on any atom is -0.370 e. The zero-order valence-electron chi connectivity index (χ0n) is 10.9. The number of amides is 1. The molecule has 0 radical (unpaired) electrons. The normalized spacial score (nSPS) is 14.4. The summed E-state index contributed by atoms with van der Waals surface area (Å²) in [5, 5.41) is 0. The van der Waals surface area contributed by atoms with Crippen molar-refractivity contribution < 1.29 is 4.79 Å². The number of carbonyl (C=O) groups is 1. The van der Waals surface area contributed by atoms with E-state index in [1.165, 1.54) is 11.1 Å². The molecule has 0 fully saturated rings. The molecule has 0 aliphatic rings. The molecule has 0 aliphatic carbocycles. The zero-order chi connectivity index (χ0) is 13.0. The highest BCUT2D eigenvalue weighted by molar-refractivity contribution is 5.73. The fraction of sp³-hybridized carbons (Fsp3) is 0.500. The van der Waals surface area contributed by atoms with Gasteiger partial charge < -0.3 is 11.5 Å². The van der Waals surface area contributed by atoms with Crippen LogP contribution in [-0.4, -0.2) is 5.91 Å². The summed E-state index contributed by atoms with van der Waals surface area (Å²) in [6, 6.07) is 6.24. The van der Waals surface area contributed by atoms with Crippen LogP contribution in [-0.2, 0) is 4.79 Å². The Morgan fingerprint density at radius 1 is 1.29 bits per heavy atom. The molecular weight excluding hydrogens is 212 g/mol. The summed E-state index contributed by atoms with van der Waals surface area (Å²) in [4.78, 5) is 10.8. The molecule has 0 saturated heterocycles. The summed E-state index contributed by atoms with van der Waals surface area (Å²) in [7, 11) is 0. The van der Waals surface area contributed by atoms with E-state index in [0.29, 0.717) is 6.42 Å². The van der Waals surface area contributed by atoms with Crippen molar-refractivity contribution >= 4 is 5.91 Å². The molecule has 3 nitrogen and oxygen atoms in total. The Morgan fingerprint density at radius 3 is 2.47 bits per heavy atom. The third kappa shape index (κ3) is 4.19. The lowest BCUT2D eigenvalue weighted by atomic mass is 9.92. The summed E-state index contributed by atoms with van der Waals surface area (Å²) >= 11 is 0. The predicted molar refractivity (Wildman–Crippen MR) is 70.4 cm³/mol. The first kappa shape index (κ1) is 13.7. The van der Waals surface area contributed by atoms with Crippen LogP contribution in [0.25, 0.3) is 0 Å². The number of nitrogens with two attached hydrogens (primary N) is 2. The van der Waals surface area contributed by atoms with Crippen molar-refractivity contribution in [3.8, 4) is 0 Å². The molecule has 0 aromatic heterocycles. The molecule has 1 aromatic carbocycles. The lowest BCUT2D eigenvalue weighted by Gasteiger charge is -2.17. The zero-order valence-corrected chi connectivity index (χ0v) is 10.9. The van der Waals surface area contributed by atoms with Crippen LogP contribution in [0.5, 0.6) is 0 Å². The number of benzene rings is 1. The Hall–Kier alpha value is -1.35. The van der Waals surface area contributed by atoms with Gasteiger partial charge in [-0.2, -0.15) is 0 Å². The van der Waals surface area contributed by atoms with Crippen molar-refractivity contribution in [3.05, 3.63) is 34.9 Å². The van der Waals surface area contributed by atoms with Crippen LogP contribution >= 0.6 is 0 Å². The first-order valence-electron chi connectivity index (χ1n) is 6.01. The first-order valence-corrected chi connectivity index (χ1v) is 6.01. The quantitative estimate of drug-likeness (QED) is 0.820. The molecule has 17 heavy (non-hydrogen) atoms. The second-order valence-corrected chi connectivity index (χ2v) is 4.96. The smallest absolute Gasteiger partial charge is 0.217 e. The standard InChI is InChI=1S/C14H22N2O/c1-9(7-14(16)17)6-13(15)12-5-4-10(2)11(3)8-12/h4-5,8-9,13H,6-7,15H2,1-3H3,(H2,16,17). The van der Waals surface area contributed by atoms with Crippen LogP contribution in [0.4, 0.5) is 0 Å². The van der Waals surface area contributed by atoms with E-state index >= 15 is 0 Å². The highest BCUT2D eigenvalue weighted by Crippen LogP contribution is 2.22. The van der Waals surface area contributed by atoms with E-state index in [1.807, 2.05) is 6.92 Å². The van der Waals surface area contributed by atoms with Gasteiger partial charge in [0.15, 0.2) is 0 Å². The van der Waals surface area contributed by atoms with E-state index in [2.05, 4.69) is 32.0 Å². The average molecular weight is 234 g/mol. The number of carbonyl (C=O) groups excluding carboxylic acids is 1. The van der Waals surface area contributed by atoms with Crippen molar-refractivity contribution in [1.82, 2.24) is 0 Å². The van der Waals surface area contributed by atoms with E-state index in [-0.39, 0.29) is 17.9 Å². The lowest BCUT2D eigenvalue weighted by molar-refractivity contribution is -0.118. The van der Waals surface area contributed by atoms with Crippen LogP contribution in [0.2, 0.25) is 0 Å². The molecule has 0 heterocycles. The van der Waals surface area contributed by atoms with Gasteiger partial charge in [-0.05, 0) is 42.9 Å². The lowest BCUT2D eigenvalue weighted by Crippen LogP contribution is -2.19. The molecule has 94 valence electrons. The summed E-state index contributed by atoms with van der Waals surface area (Å²) in [6.07, 6.45) is 1.18. The molecule has 1 amide bonds. The molecule has 0 bridgehead atoms. The number of hydrogen-bond acceptors (Lipinski definition) is 2. The molecule has 3 heteroatoms. The molecule has 0 aliphatic heterocycles. The van der Waals surface area contributed by atoms with Gasteiger partial charge in [0, 0.05) is 12.5 Å². The molecule has 0 spiro atoms. The van der Waals surface area contributed by atoms with Gasteiger partial charge in [0.05, 0.1) is 0 Å². The maximum absolute atomic E-state index is 10.8. The van der Waals surface area contributed by atoms with Gasteiger partial charge in [0.1, 0.15) is 0 Å². The molecular formula is C14H22N2O. The Bertz CT molecular complexity index is 401. The Morgan fingerprint density at radius 2 is 1.94 bits per heavy atom. The van der Waals surface area contributed by atoms with Crippen molar-refractivity contribution in [3.63, 3.8) is 0 Å². The molecule has 0 saturated carbocycles. The van der Waals surface area contributed by atoms with Crippen molar-refractivity contribution in [2.45, 2.75) is 39.7 Å². The fourth-order valence-electron chi connectivity index (χ4n) is 1.99. The van der Waals surface area contributed by atoms with Gasteiger partial charge in [0.25, 0.3) is 0 Å². The number of primary amides is 1. The van der Waals surface area contributed by atoms with Gasteiger partial charge in [-0.25, -0.2) is 0 Å². The third-order valence-electron chi connectivity index (χ3n) is 3.17. The maximum Gasteiger partial charge on any atom is 0.217 e. The number of rotatable bonds is 5. The summed E-state index contributed by atoms with van der Waals surface area (Å²) < 4.78 is 0. The van der Waals surface area contributed by atoms with Gasteiger partial charge >= 0.3 is 0 Å². The topological polar surface area (TPSA) is 69.1 Å². The Balaban J connectivity index is 2.66. The van der Waals surface area contributed by atoms with Gasteiger partial charge in [-0.15, -0.1) is 0 Å². The monoisotopic (exact) mass is 234 g/mol. The largest absolute Gasteiger partial charge is 0.370 e. The van der Waals surface area contributed by atoms with E-state index in [0.717, 1.165) is 12.0 Å². The molecule has 2 unspecified atom stereocenters. The fourth-order valence-corrected chi connectivity index (χ4v) is 1.99. The van der Waals surface area contributed by atoms with Crippen LogP contribution in [0.3, 0.4) is 0 Å². The summed E-state index contributed by atoms with van der Waals surface area (Å²) in [5.74, 6) is -0.0334. The van der Waals surface area contributed by atoms with Crippen LogP contribution in [0.1, 0.15) is 42.5 Å². The van der Waals surface area contributed by atoms with Crippen LogP contribution in [0, 0.1) is 19.8 Å². The van der Waals surface area contributed by atoms with E-state index in [1.54, 1.807) is 0 Å². The van der Waals surface area contributed by atoms with Crippen molar-refractivity contribution in [1.29, 1.82) is 0 Å². The van der Waals surface area contributed by atoms with E-state index in [9.17, 15) is 4.79 Å². The van der Waals surface area contributed by atoms with E-state index in [4.69, 9.17) is 11.5 Å². The summed E-state index contributed by atoms with van der Waals surface area (Å²) in [5.41, 5.74) is 15.0. The van der Waals surface area contributed by atoms with Gasteiger partial charge in [-0.1, -0.05) is 25.1 Å². The van der Waals surface area contributed by atoms with Crippen LogP contribution < -0.4 is 11.5 Å². The molecule has 2 atom stereocenters. The van der Waals surface area contributed by atoms with Crippen molar-refractivity contribution in [2.24, 2.45) is 17.4 Å². The second-order valence-electron chi connectivity index (χ2n) is 4.96. The van der Waals surface area contributed by atoms with Crippen molar-refractivity contribution in [2.75, 3.05) is 0 Å². The van der Waals surface area contributed by atoms with E-state index < -0.39 is 0 Å². The average Bonchev–Trinajstić information content (AvgIpc) is 2.20. The molecule has 4 N–H and O–H groups in total. The third-order valence-corrected chi connectivity index (χ3v) is 3.17. The minimum absolute atomic E-state index is 0.0244. The Kier molecular flexibility index (Phi) is 4.70. The Labute approximate surface area is 103 Å². The molecule has 1 rings (SSSR count). The SMILES string of the molecule is Cc1ccc(C(N)CC(C)CC(N)=O)cc1C. The summed E-state index contributed by atoms with van der Waals surface area (Å²) in [6.45, 7) is 6.17. The minimum atomic E-state index is -0.259. The maximum atomic E-state index is 10.8. The highest BCUT2D eigenvalue weighted by Gasteiger charge is 2.13. The van der Waals surface area contributed by atoms with Crippen LogP contribution in [0.15, 0.2) is 18.2 Å². The number of hydrogen-bond donors (Lipinski definition) is 2. The predicted octanol–water partition coefficient (Wildman–Crippen LogP) is 2.20. The highest BCUT2D eigenvalue weighted by atomic mass is 16.1. The number of aryl methyl sites for hydroxylation is 2. The molecule has 1 aromatic rings. The second kappa shape index (κ2) is 5.82.